The highest BCUT2D eigenvalue weighted by Gasteiger charge is 2.44. The van der Waals surface area contributed by atoms with Crippen molar-refractivity contribution in [2.75, 3.05) is 13.1 Å². The van der Waals surface area contributed by atoms with Crippen LogP contribution in [0.15, 0.2) is 24.3 Å². The minimum Gasteiger partial charge on any atom is -0.350 e. The number of carbonyl (C=O) groups is 1. The van der Waals surface area contributed by atoms with Gasteiger partial charge >= 0.3 is 0 Å². The highest BCUT2D eigenvalue weighted by molar-refractivity contribution is 5.94. The fraction of sp³-hybridized carbons (Fsp3) is 0.412. The topological polar surface area (TPSA) is 69.8 Å². The van der Waals surface area contributed by atoms with Gasteiger partial charge in [-0.1, -0.05) is 12.1 Å². The van der Waals surface area contributed by atoms with E-state index in [1.165, 1.54) is 12.1 Å². The summed E-state index contributed by atoms with van der Waals surface area (Å²) in [5.74, 6) is -0.371. The van der Waals surface area contributed by atoms with E-state index in [2.05, 4.69) is 20.8 Å². The van der Waals surface area contributed by atoms with Crippen LogP contribution in [0.3, 0.4) is 0 Å². The van der Waals surface area contributed by atoms with Crippen LogP contribution in [0.5, 0.6) is 0 Å². The zero-order chi connectivity index (χ0) is 15.9. The van der Waals surface area contributed by atoms with Gasteiger partial charge in [0.1, 0.15) is 5.82 Å². The molecule has 128 valence electrons. The molecule has 1 fully saturated rings. The maximum Gasteiger partial charge on any atom is 0.272 e. The van der Waals surface area contributed by atoms with Gasteiger partial charge < -0.3 is 10.6 Å². The predicted octanol–water partition coefficient (Wildman–Crippen LogP) is 2.08. The number of aromatic nitrogens is 2. The van der Waals surface area contributed by atoms with Crippen LogP contribution >= 0.6 is 12.4 Å². The first-order valence-electron chi connectivity index (χ1n) is 7.99. The molecule has 2 aromatic rings. The van der Waals surface area contributed by atoms with Crippen LogP contribution in [0, 0.1) is 5.82 Å². The maximum absolute atomic E-state index is 13.1. The van der Waals surface area contributed by atoms with Gasteiger partial charge in [-0.3, -0.25) is 9.89 Å². The number of nitrogens with zero attached hydrogens (tertiary/aromatic N) is 1. The average molecular weight is 351 g/mol. The number of benzene rings is 1. The lowest BCUT2D eigenvalue weighted by molar-refractivity contribution is 0.0943. The van der Waals surface area contributed by atoms with Gasteiger partial charge in [-0.15, -0.1) is 12.4 Å². The van der Waals surface area contributed by atoms with E-state index in [1.54, 1.807) is 0 Å². The van der Waals surface area contributed by atoms with Crippen LogP contribution in [0.1, 0.15) is 40.2 Å². The minimum atomic E-state index is -0.232. The second kappa shape index (κ2) is 6.53. The molecule has 0 saturated heterocycles. The number of carbonyl (C=O) groups excluding carboxylic acids is 1. The van der Waals surface area contributed by atoms with Crippen LogP contribution in [-0.4, -0.2) is 29.2 Å². The Labute approximate surface area is 145 Å². The largest absolute Gasteiger partial charge is 0.350 e. The Bertz CT molecular complexity index is 740. The molecule has 0 bridgehead atoms. The van der Waals surface area contributed by atoms with E-state index in [1.807, 2.05) is 12.1 Å². The van der Waals surface area contributed by atoms with Gasteiger partial charge in [-0.25, -0.2) is 4.39 Å². The Kier molecular flexibility index (Phi) is 4.60. The smallest absolute Gasteiger partial charge is 0.272 e. The van der Waals surface area contributed by atoms with Gasteiger partial charge in [0.15, 0.2) is 5.69 Å². The number of amides is 1. The minimum absolute atomic E-state index is 0. The molecule has 4 rings (SSSR count). The molecule has 2 heterocycles. The quantitative estimate of drug-likeness (QED) is 0.790. The van der Waals surface area contributed by atoms with E-state index in [0.29, 0.717) is 18.8 Å². The lowest BCUT2D eigenvalue weighted by atomic mass is 9.96. The summed E-state index contributed by atoms with van der Waals surface area (Å²) in [6.07, 6.45) is 2.90. The molecule has 0 spiro atoms. The van der Waals surface area contributed by atoms with Gasteiger partial charge in [-0.05, 0) is 30.5 Å². The number of rotatable bonds is 4. The standard InChI is InChI=1S/C17H19FN4O.ClH/c18-12-3-1-11(2-4-12)17(6-7-17)10-20-16(23)15-13-9-19-8-5-14(13)21-22-15;/h1-4,19H,5-10H2,(H,20,23)(H,21,22);1H. The zero-order valence-electron chi connectivity index (χ0n) is 13.2. The van der Waals surface area contributed by atoms with Gasteiger partial charge in [0.25, 0.3) is 5.91 Å². The predicted molar refractivity (Wildman–Crippen MR) is 90.9 cm³/mol. The highest BCUT2D eigenvalue weighted by Crippen LogP contribution is 2.47. The normalized spacial score (nSPS) is 17.5. The van der Waals surface area contributed by atoms with Gasteiger partial charge in [0.2, 0.25) is 0 Å². The number of hydrogen-bond donors (Lipinski definition) is 3. The lowest BCUT2D eigenvalue weighted by Crippen LogP contribution is -2.34. The molecular weight excluding hydrogens is 331 g/mol. The van der Waals surface area contributed by atoms with Gasteiger partial charge in [-0.2, -0.15) is 5.10 Å². The molecule has 1 amide bonds. The van der Waals surface area contributed by atoms with Crippen molar-refractivity contribution >= 4 is 18.3 Å². The second-order valence-corrected chi connectivity index (χ2v) is 6.43. The molecule has 1 saturated carbocycles. The molecule has 24 heavy (non-hydrogen) atoms. The fourth-order valence-electron chi connectivity index (χ4n) is 3.27. The molecule has 1 aromatic heterocycles. The fourth-order valence-corrected chi connectivity index (χ4v) is 3.27. The van der Waals surface area contributed by atoms with Crippen molar-refractivity contribution in [2.24, 2.45) is 0 Å². The molecule has 3 N–H and O–H groups in total. The Morgan fingerprint density at radius 3 is 2.75 bits per heavy atom. The Balaban J connectivity index is 0.00000169. The number of aromatic amines is 1. The van der Waals surface area contributed by atoms with Crippen molar-refractivity contribution < 1.29 is 9.18 Å². The first-order valence-corrected chi connectivity index (χ1v) is 7.99. The monoisotopic (exact) mass is 350 g/mol. The molecule has 1 aliphatic carbocycles. The zero-order valence-corrected chi connectivity index (χ0v) is 14.0. The summed E-state index contributed by atoms with van der Waals surface area (Å²) >= 11 is 0. The third-order valence-electron chi connectivity index (χ3n) is 4.92. The van der Waals surface area contributed by atoms with Crippen LogP contribution in [0.25, 0.3) is 0 Å². The summed E-state index contributed by atoms with van der Waals surface area (Å²) in [6.45, 7) is 2.15. The number of nitrogens with one attached hydrogen (secondary N) is 3. The van der Waals surface area contributed by atoms with Crippen LogP contribution < -0.4 is 10.6 Å². The van der Waals surface area contributed by atoms with E-state index in [9.17, 15) is 9.18 Å². The molecule has 0 unspecified atom stereocenters. The average Bonchev–Trinajstić information content (AvgIpc) is 3.24. The second-order valence-electron chi connectivity index (χ2n) is 6.43. The Hall–Kier alpha value is -1.92. The molecule has 5 nitrogen and oxygen atoms in total. The van der Waals surface area contributed by atoms with Crippen LogP contribution in [-0.2, 0) is 18.4 Å². The maximum atomic E-state index is 13.1. The van der Waals surface area contributed by atoms with Crippen molar-refractivity contribution in [1.29, 1.82) is 0 Å². The van der Waals surface area contributed by atoms with Crippen molar-refractivity contribution in [3.63, 3.8) is 0 Å². The summed E-state index contributed by atoms with van der Waals surface area (Å²) in [5.41, 5.74) is 3.55. The van der Waals surface area contributed by atoms with Crippen LogP contribution in [0.4, 0.5) is 4.39 Å². The van der Waals surface area contributed by atoms with E-state index in [-0.39, 0.29) is 29.5 Å². The highest BCUT2D eigenvalue weighted by atomic mass is 35.5. The summed E-state index contributed by atoms with van der Waals surface area (Å²) in [6, 6.07) is 6.59. The molecule has 1 aliphatic heterocycles. The van der Waals surface area contributed by atoms with Crippen molar-refractivity contribution in [2.45, 2.75) is 31.2 Å². The van der Waals surface area contributed by atoms with E-state index >= 15 is 0 Å². The number of hydrogen-bond acceptors (Lipinski definition) is 3. The lowest BCUT2D eigenvalue weighted by Gasteiger charge is -2.17. The molecule has 0 atom stereocenters. The first-order chi connectivity index (χ1) is 11.2. The third-order valence-corrected chi connectivity index (χ3v) is 4.92. The van der Waals surface area contributed by atoms with Crippen molar-refractivity contribution in [1.82, 2.24) is 20.8 Å². The van der Waals surface area contributed by atoms with Gasteiger partial charge in [0, 0.05) is 42.7 Å². The molecule has 0 radical (unpaired) electrons. The SMILES string of the molecule is Cl.O=C(NCC1(c2ccc(F)cc2)CC1)c1n[nH]c2c1CNCC2. The third kappa shape index (κ3) is 3.03. The molecule has 2 aliphatic rings. The number of fused-ring (bicyclic) bond motifs is 1. The first kappa shape index (κ1) is 16.9. The van der Waals surface area contributed by atoms with E-state index < -0.39 is 0 Å². The molecule has 7 heteroatoms. The molecule has 1 aromatic carbocycles. The summed E-state index contributed by atoms with van der Waals surface area (Å²) in [4.78, 5) is 12.5. The Morgan fingerprint density at radius 2 is 2.04 bits per heavy atom. The summed E-state index contributed by atoms with van der Waals surface area (Å²) < 4.78 is 13.1. The van der Waals surface area contributed by atoms with E-state index in [0.717, 1.165) is 42.6 Å². The van der Waals surface area contributed by atoms with Crippen molar-refractivity contribution in [3.8, 4) is 0 Å². The van der Waals surface area contributed by atoms with E-state index in [4.69, 9.17) is 0 Å². The summed E-state index contributed by atoms with van der Waals surface area (Å²) in [7, 11) is 0. The number of halogens is 2. The number of H-pyrrole nitrogens is 1. The van der Waals surface area contributed by atoms with Crippen molar-refractivity contribution in [3.05, 3.63) is 52.6 Å². The van der Waals surface area contributed by atoms with Crippen LogP contribution in [0.2, 0.25) is 0 Å². The van der Waals surface area contributed by atoms with Gasteiger partial charge in [0.05, 0.1) is 0 Å². The molecular formula is C17H20ClFN4O. The Morgan fingerprint density at radius 1 is 1.29 bits per heavy atom. The summed E-state index contributed by atoms with van der Waals surface area (Å²) in [5, 5.41) is 13.4.